The molecule has 0 aliphatic carbocycles. The molecule has 1 N–H and O–H groups in total. The van der Waals surface area contributed by atoms with Gasteiger partial charge in [0.25, 0.3) is 0 Å². The fourth-order valence-corrected chi connectivity index (χ4v) is 4.73. The average Bonchev–Trinajstić information content (AvgIpc) is 3.17. The summed E-state index contributed by atoms with van der Waals surface area (Å²) in [5.74, 6) is 2.79. The Labute approximate surface area is 209 Å². The molecule has 4 rings (SSSR count). The minimum Gasteiger partial charge on any atom is -0.496 e. The Balaban J connectivity index is 0.00000289. The molecule has 2 atom stereocenters. The lowest BCUT2D eigenvalue weighted by Crippen LogP contribution is -2.47. The molecule has 1 aromatic carbocycles. The number of fused-ring (bicyclic) bond motifs is 1. The van der Waals surface area contributed by atoms with E-state index in [1.165, 1.54) is 18.4 Å². The Bertz CT molecular complexity index is 762. The molecule has 3 aliphatic rings. The van der Waals surface area contributed by atoms with Gasteiger partial charge >= 0.3 is 0 Å². The highest BCUT2D eigenvalue weighted by molar-refractivity contribution is 14.0. The number of nitrogens with zero attached hydrogens (tertiary/aromatic N) is 2. The second-order valence-corrected chi connectivity index (χ2v) is 8.81. The molecule has 2 saturated heterocycles. The summed E-state index contributed by atoms with van der Waals surface area (Å²) < 4.78 is 23.5. The van der Waals surface area contributed by atoms with Gasteiger partial charge in [-0.2, -0.15) is 0 Å². The Morgan fingerprint density at radius 3 is 2.72 bits per heavy atom. The molecule has 32 heavy (non-hydrogen) atoms. The molecule has 2 fully saturated rings. The van der Waals surface area contributed by atoms with Crippen LogP contribution in [0.5, 0.6) is 11.5 Å². The molecule has 3 aliphatic heterocycles. The third kappa shape index (κ3) is 6.41. The molecule has 2 unspecified atom stereocenters. The summed E-state index contributed by atoms with van der Waals surface area (Å²) in [5.41, 5.74) is 2.31. The van der Waals surface area contributed by atoms with E-state index < -0.39 is 0 Å². The van der Waals surface area contributed by atoms with Crippen molar-refractivity contribution in [3.8, 4) is 11.5 Å². The van der Waals surface area contributed by atoms with Crippen LogP contribution < -0.4 is 14.8 Å². The summed E-state index contributed by atoms with van der Waals surface area (Å²) in [6.07, 6.45) is 7.37. The van der Waals surface area contributed by atoms with Gasteiger partial charge in [-0.15, -0.1) is 24.0 Å². The van der Waals surface area contributed by atoms with Crippen molar-refractivity contribution >= 4 is 29.9 Å². The van der Waals surface area contributed by atoms with Crippen LogP contribution in [-0.4, -0.2) is 69.6 Å². The largest absolute Gasteiger partial charge is 0.496 e. The van der Waals surface area contributed by atoms with E-state index in [0.29, 0.717) is 12.6 Å². The van der Waals surface area contributed by atoms with E-state index in [1.807, 2.05) is 7.05 Å². The summed E-state index contributed by atoms with van der Waals surface area (Å²) in [4.78, 5) is 6.82. The summed E-state index contributed by atoms with van der Waals surface area (Å²) in [7, 11) is 3.57. The maximum absolute atomic E-state index is 6.15. The number of piperidine rings is 1. The van der Waals surface area contributed by atoms with Crippen molar-refractivity contribution in [3.63, 3.8) is 0 Å². The molecule has 8 heteroatoms. The number of ether oxygens (including phenoxy) is 4. The number of halogens is 1. The first-order chi connectivity index (χ1) is 15.2. The Morgan fingerprint density at radius 1 is 1.22 bits per heavy atom. The molecule has 0 radical (unpaired) electrons. The van der Waals surface area contributed by atoms with Crippen molar-refractivity contribution in [3.05, 3.63) is 23.3 Å². The third-order valence-electron chi connectivity index (χ3n) is 6.48. The van der Waals surface area contributed by atoms with E-state index in [-0.39, 0.29) is 36.2 Å². The van der Waals surface area contributed by atoms with Crippen LogP contribution >= 0.6 is 24.0 Å². The molecular weight excluding hydrogens is 521 g/mol. The molecule has 1 aromatic rings. The number of benzene rings is 1. The van der Waals surface area contributed by atoms with Crippen molar-refractivity contribution in [1.29, 1.82) is 0 Å². The van der Waals surface area contributed by atoms with E-state index >= 15 is 0 Å². The second kappa shape index (κ2) is 12.3. The molecule has 7 nitrogen and oxygen atoms in total. The van der Waals surface area contributed by atoms with Crippen LogP contribution in [0.25, 0.3) is 0 Å². The molecule has 3 heterocycles. The molecule has 0 spiro atoms. The first-order valence-electron chi connectivity index (χ1n) is 11.7. The van der Waals surface area contributed by atoms with Gasteiger partial charge in [-0.3, -0.25) is 4.99 Å². The van der Waals surface area contributed by atoms with Gasteiger partial charge in [0.05, 0.1) is 25.9 Å². The molecule has 0 saturated carbocycles. The van der Waals surface area contributed by atoms with Gasteiger partial charge in [0.15, 0.2) is 5.96 Å². The van der Waals surface area contributed by atoms with Crippen molar-refractivity contribution in [2.45, 2.75) is 70.3 Å². The quantitative estimate of drug-likeness (QED) is 0.326. The number of hydrogen-bond donors (Lipinski definition) is 1. The van der Waals surface area contributed by atoms with E-state index in [2.05, 4.69) is 34.3 Å². The molecule has 0 aromatic heterocycles. The number of guanidine groups is 1. The van der Waals surface area contributed by atoms with Crippen LogP contribution in [0.2, 0.25) is 0 Å². The fourth-order valence-electron chi connectivity index (χ4n) is 4.73. The van der Waals surface area contributed by atoms with E-state index in [4.69, 9.17) is 18.9 Å². The van der Waals surface area contributed by atoms with E-state index in [9.17, 15) is 0 Å². The summed E-state index contributed by atoms with van der Waals surface area (Å²) in [5, 5.41) is 3.51. The molecule has 0 amide bonds. The van der Waals surface area contributed by atoms with Gasteiger partial charge in [-0.1, -0.05) is 0 Å². The van der Waals surface area contributed by atoms with Crippen LogP contribution in [0.3, 0.4) is 0 Å². The average molecular weight is 559 g/mol. The van der Waals surface area contributed by atoms with Gasteiger partial charge < -0.3 is 29.2 Å². The fraction of sp³-hybridized carbons (Fsp3) is 0.708. The first-order valence-corrected chi connectivity index (χ1v) is 11.7. The number of rotatable bonds is 6. The number of hydrogen-bond acceptors (Lipinski definition) is 5. The zero-order valence-corrected chi connectivity index (χ0v) is 21.9. The van der Waals surface area contributed by atoms with Gasteiger partial charge in [0, 0.05) is 50.8 Å². The lowest BCUT2D eigenvalue weighted by atomic mass is 10.1. The van der Waals surface area contributed by atoms with E-state index in [0.717, 1.165) is 75.0 Å². The Kier molecular flexibility index (Phi) is 9.73. The van der Waals surface area contributed by atoms with Gasteiger partial charge in [0.1, 0.15) is 17.6 Å². The Morgan fingerprint density at radius 2 is 2.03 bits per heavy atom. The minimum absolute atomic E-state index is 0. The normalized spacial score (nSPS) is 23.8. The van der Waals surface area contributed by atoms with Crippen molar-refractivity contribution in [2.75, 3.05) is 40.5 Å². The van der Waals surface area contributed by atoms with Crippen molar-refractivity contribution in [2.24, 2.45) is 4.99 Å². The highest BCUT2D eigenvalue weighted by Gasteiger charge is 2.25. The van der Waals surface area contributed by atoms with Gasteiger partial charge in [-0.25, -0.2) is 0 Å². The lowest BCUT2D eigenvalue weighted by molar-refractivity contribution is -0.0721. The predicted molar refractivity (Wildman–Crippen MR) is 137 cm³/mol. The topological polar surface area (TPSA) is 64.6 Å². The molecule has 180 valence electrons. The zero-order chi connectivity index (χ0) is 21.6. The summed E-state index contributed by atoms with van der Waals surface area (Å²) in [6.45, 7) is 6.25. The van der Waals surface area contributed by atoms with Crippen LogP contribution in [0, 0.1) is 0 Å². The van der Waals surface area contributed by atoms with Gasteiger partial charge in [-0.05, 0) is 51.2 Å². The monoisotopic (exact) mass is 559 g/mol. The Hall–Kier alpha value is -1.26. The van der Waals surface area contributed by atoms with Crippen molar-refractivity contribution < 1.29 is 18.9 Å². The van der Waals surface area contributed by atoms with Crippen LogP contribution in [0.1, 0.15) is 50.2 Å². The standard InChI is InChI=1S/C24H37N3O4.HI/c1-17-12-18-13-22(28-3)19(14-23(18)31-17)15-26-24(25-2)27-9-7-20(8-10-27)30-16-21-6-4-5-11-29-21;/h13-14,17,20-21H,4-12,15-16H2,1-3H3,(H,25,26);1H. The number of likely N-dealkylation sites (tertiary alicyclic amines) is 1. The maximum Gasteiger partial charge on any atom is 0.193 e. The number of nitrogens with one attached hydrogen (secondary N) is 1. The second-order valence-electron chi connectivity index (χ2n) is 8.81. The highest BCUT2D eigenvalue weighted by Crippen LogP contribution is 2.35. The molecular formula is C24H38IN3O4. The smallest absolute Gasteiger partial charge is 0.193 e. The SMILES string of the molecule is CN=C(NCc1cc2c(cc1OC)CC(C)O2)N1CCC(OCC2CCCCO2)CC1.I. The van der Waals surface area contributed by atoms with Crippen molar-refractivity contribution in [1.82, 2.24) is 10.2 Å². The van der Waals surface area contributed by atoms with Gasteiger partial charge in [0.2, 0.25) is 0 Å². The molecule has 0 bridgehead atoms. The lowest BCUT2D eigenvalue weighted by Gasteiger charge is -2.35. The first kappa shape index (κ1) is 25.4. The van der Waals surface area contributed by atoms with Crippen LogP contribution in [0.15, 0.2) is 17.1 Å². The number of aliphatic imine (C=N–C) groups is 1. The van der Waals surface area contributed by atoms with E-state index in [1.54, 1.807) is 7.11 Å². The third-order valence-corrected chi connectivity index (χ3v) is 6.48. The maximum atomic E-state index is 6.15. The highest BCUT2D eigenvalue weighted by atomic mass is 127. The summed E-state index contributed by atoms with van der Waals surface area (Å²) >= 11 is 0. The number of methoxy groups -OCH3 is 1. The van der Waals surface area contributed by atoms with Crippen LogP contribution in [-0.2, 0) is 22.4 Å². The summed E-state index contributed by atoms with van der Waals surface area (Å²) in [6, 6.07) is 4.21. The zero-order valence-electron chi connectivity index (χ0n) is 19.6. The van der Waals surface area contributed by atoms with Crippen LogP contribution in [0.4, 0.5) is 0 Å². The predicted octanol–water partition coefficient (Wildman–Crippen LogP) is 3.76. The minimum atomic E-state index is 0.